The van der Waals surface area contributed by atoms with Gasteiger partial charge < -0.3 is 4.90 Å². The first-order valence-corrected chi connectivity index (χ1v) is 12.3. The van der Waals surface area contributed by atoms with Crippen LogP contribution in [0.1, 0.15) is 11.1 Å². The molecule has 4 rings (SSSR count). The minimum absolute atomic E-state index is 0.0376. The number of hydrogen-bond acceptors (Lipinski definition) is 5. The molecular formula is C23H22N4O3S2. The lowest BCUT2D eigenvalue weighted by Crippen LogP contribution is -2.27. The van der Waals surface area contributed by atoms with Gasteiger partial charge in [0.25, 0.3) is 10.0 Å². The highest BCUT2D eigenvalue weighted by atomic mass is 32.2. The van der Waals surface area contributed by atoms with E-state index in [2.05, 4.69) is 9.82 Å². The molecule has 0 saturated carbocycles. The van der Waals surface area contributed by atoms with Gasteiger partial charge >= 0.3 is 0 Å². The lowest BCUT2D eigenvalue weighted by atomic mass is 10.1. The van der Waals surface area contributed by atoms with E-state index < -0.39 is 10.0 Å². The normalized spacial score (nSPS) is 11.3. The molecule has 0 radical (unpaired) electrons. The Kier molecular flexibility index (Phi) is 6.38. The summed E-state index contributed by atoms with van der Waals surface area (Å²) in [4.78, 5) is 14.3. The monoisotopic (exact) mass is 466 g/mol. The van der Waals surface area contributed by atoms with Gasteiger partial charge in [0.05, 0.1) is 18.3 Å². The van der Waals surface area contributed by atoms with Crippen LogP contribution in [-0.4, -0.2) is 36.1 Å². The van der Waals surface area contributed by atoms with Crippen molar-refractivity contribution in [1.82, 2.24) is 14.7 Å². The molecule has 7 nitrogen and oxygen atoms in total. The van der Waals surface area contributed by atoms with Gasteiger partial charge in [-0.3, -0.25) is 9.52 Å². The van der Waals surface area contributed by atoms with Crippen LogP contribution in [0.25, 0.3) is 5.69 Å². The zero-order chi connectivity index (χ0) is 22.6. The summed E-state index contributed by atoms with van der Waals surface area (Å²) in [6, 6.07) is 19.9. The number of benzene rings is 2. The molecule has 1 amide bonds. The summed E-state index contributed by atoms with van der Waals surface area (Å²) < 4.78 is 29.2. The SMILES string of the molecule is CN(Cc1cnn(-c2ccccc2)c1)C(=O)Cc1ccc(NS(=O)(=O)c2cccs2)cc1. The van der Waals surface area contributed by atoms with E-state index in [9.17, 15) is 13.2 Å². The van der Waals surface area contributed by atoms with Crippen molar-refractivity contribution in [1.29, 1.82) is 0 Å². The Labute approximate surface area is 191 Å². The van der Waals surface area contributed by atoms with Crippen LogP contribution < -0.4 is 4.72 Å². The number of amides is 1. The average molecular weight is 467 g/mol. The van der Waals surface area contributed by atoms with Crippen LogP contribution in [0, 0.1) is 0 Å². The average Bonchev–Trinajstić information content (AvgIpc) is 3.48. The first-order chi connectivity index (χ1) is 15.4. The molecular weight excluding hydrogens is 444 g/mol. The highest BCUT2D eigenvalue weighted by Gasteiger charge is 2.16. The van der Waals surface area contributed by atoms with Crippen molar-refractivity contribution in [2.24, 2.45) is 0 Å². The fourth-order valence-electron chi connectivity index (χ4n) is 3.15. The van der Waals surface area contributed by atoms with Crippen molar-refractivity contribution in [3.63, 3.8) is 0 Å². The molecule has 32 heavy (non-hydrogen) atoms. The largest absolute Gasteiger partial charge is 0.341 e. The van der Waals surface area contributed by atoms with Crippen LogP contribution in [-0.2, 0) is 27.8 Å². The second-order valence-corrected chi connectivity index (χ2v) is 10.1. The van der Waals surface area contributed by atoms with Gasteiger partial charge in [0.15, 0.2) is 0 Å². The summed E-state index contributed by atoms with van der Waals surface area (Å²) in [5.41, 5.74) is 3.16. The highest BCUT2D eigenvalue weighted by Crippen LogP contribution is 2.20. The molecule has 0 spiro atoms. The number of para-hydroxylation sites is 1. The van der Waals surface area contributed by atoms with E-state index in [1.807, 2.05) is 36.5 Å². The zero-order valence-corrected chi connectivity index (χ0v) is 19.0. The van der Waals surface area contributed by atoms with Crippen molar-refractivity contribution in [2.75, 3.05) is 11.8 Å². The molecule has 164 valence electrons. The number of thiophene rings is 1. The summed E-state index contributed by atoms with van der Waals surface area (Å²) in [7, 11) is -1.83. The molecule has 4 aromatic rings. The van der Waals surface area contributed by atoms with Crippen LogP contribution in [0.2, 0.25) is 0 Å². The molecule has 9 heteroatoms. The molecule has 1 N–H and O–H groups in total. The van der Waals surface area contributed by atoms with E-state index >= 15 is 0 Å². The fraction of sp³-hybridized carbons (Fsp3) is 0.130. The van der Waals surface area contributed by atoms with E-state index in [1.165, 1.54) is 0 Å². The number of aromatic nitrogens is 2. The van der Waals surface area contributed by atoms with Gasteiger partial charge in [-0.2, -0.15) is 5.10 Å². The minimum atomic E-state index is -3.59. The predicted octanol–water partition coefficient (Wildman–Crippen LogP) is 3.94. The molecule has 0 bridgehead atoms. The lowest BCUT2D eigenvalue weighted by molar-refractivity contribution is -0.129. The summed E-state index contributed by atoms with van der Waals surface area (Å²) >= 11 is 1.16. The number of anilines is 1. The molecule has 0 saturated heterocycles. The highest BCUT2D eigenvalue weighted by molar-refractivity contribution is 7.94. The Bertz CT molecular complexity index is 1280. The number of carbonyl (C=O) groups excluding carboxylic acids is 1. The minimum Gasteiger partial charge on any atom is -0.341 e. The number of sulfonamides is 1. The van der Waals surface area contributed by atoms with E-state index in [0.717, 1.165) is 28.2 Å². The zero-order valence-electron chi connectivity index (χ0n) is 17.4. The molecule has 2 aromatic carbocycles. The lowest BCUT2D eigenvalue weighted by Gasteiger charge is -2.16. The van der Waals surface area contributed by atoms with Crippen molar-refractivity contribution in [2.45, 2.75) is 17.2 Å². The number of likely N-dealkylation sites (N-methyl/N-ethyl adjacent to an activating group) is 1. The van der Waals surface area contributed by atoms with Gasteiger partial charge in [-0.05, 0) is 41.3 Å². The first-order valence-electron chi connectivity index (χ1n) is 9.89. The predicted molar refractivity (Wildman–Crippen MR) is 125 cm³/mol. The van der Waals surface area contributed by atoms with Crippen LogP contribution in [0.15, 0.2) is 88.7 Å². The van der Waals surface area contributed by atoms with Gasteiger partial charge in [0.2, 0.25) is 5.91 Å². The second-order valence-electron chi connectivity index (χ2n) is 7.29. The van der Waals surface area contributed by atoms with Gasteiger partial charge in [-0.15, -0.1) is 11.3 Å². The Hall–Kier alpha value is -3.43. The Morgan fingerprint density at radius 3 is 2.47 bits per heavy atom. The standard InChI is InChI=1S/C23H22N4O3S2/c1-26(16-19-15-24-27(17-19)21-6-3-2-4-7-21)22(28)14-18-9-11-20(12-10-18)25-32(29,30)23-8-5-13-31-23/h2-13,15,17,25H,14,16H2,1H3. The fourth-order valence-corrected chi connectivity index (χ4v) is 5.20. The third kappa shape index (κ3) is 5.24. The Morgan fingerprint density at radius 1 is 1.03 bits per heavy atom. The maximum atomic E-state index is 12.7. The molecule has 0 aliphatic heterocycles. The van der Waals surface area contributed by atoms with Crippen molar-refractivity contribution >= 4 is 33.0 Å². The van der Waals surface area contributed by atoms with Crippen LogP contribution in [0.4, 0.5) is 5.69 Å². The maximum Gasteiger partial charge on any atom is 0.271 e. The maximum absolute atomic E-state index is 12.7. The van der Waals surface area contributed by atoms with Gasteiger partial charge in [-0.1, -0.05) is 36.4 Å². The van der Waals surface area contributed by atoms with Crippen LogP contribution in [0.3, 0.4) is 0 Å². The third-order valence-electron chi connectivity index (χ3n) is 4.82. The van der Waals surface area contributed by atoms with Crippen LogP contribution >= 0.6 is 11.3 Å². The molecule has 0 aliphatic rings. The number of hydrogen-bond donors (Lipinski definition) is 1. The second kappa shape index (κ2) is 9.37. The molecule has 0 unspecified atom stereocenters. The number of nitrogens with zero attached hydrogens (tertiary/aromatic N) is 3. The number of rotatable bonds is 8. The van der Waals surface area contributed by atoms with Crippen molar-refractivity contribution in [3.8, 4) is 5.69 Å². The Morgan fingerprint density at radius 2 is 1.78 bits per heavy atom. The van der Waals surface area contributed by atoms with Crippen molar-refractivity contribution in [3.05, 3.63) is 95.6 Å². The first kappa shape index (κ1) is 21.8. The van der Waals surface area contributed by atoms with Crippen LogP contribution in [0.5, 0.6) is 0 Å². The number of nitrogens with one attached hydrogen (secondary N) is 1. The van der Waals surface area contributed by atoms with Gasteiger partial charge in [0, 0.05) is 31.0 Å². The van der Waals surface area contributed by atoms with E-state index in [0.29, 0.717) is 12.2 Å². The molecule has 0 fully saturated rings. The quantitative estimate of drug-likeness (QED) is 0.426. The Balaban J connectivity index is 1.34. The molecule has 0 aliphatic carbocycles. The smallest absolute Gasteiger partial charge is 0.271 e. The number of carbonyl (C=O) groups is 1. The van der Waals surface area contributed by atoms with Gasteiger partial charge in [0.1, 0.15) is 4.21 Å². The summed E-state index contributed by atoms with van der Waals surface area (Å²) in [5.74, 6) is -0.0376. The summed E-state index contributed by atoms with van der Waals surface area (Å²) in [5, 5.41) is 6.08. The summed E-state index contributed by atoms with van der Waals surface area (Å²) in [6.45, 7) is 0.449. The van der Waals surface area contributed by atoms with Gasteiger partial charge in [-0.25, -0.2) is 13.1 Å². The molecule has 2 aromatic heterocycles. The molecule has 0 atom stereocenters. The van der Waals surface area contributed by atoms with E-state index in [-0.39, 0.29) is 16.5 Å². The van der Waals surface area contributed by atoms with E-state index in [4.69, 9.17) is 0 Å². The van der Waals surface area contributed by atoms with Crippen molar-refractivity contribution < 1.29 is 13.2 Å². The molecule has 2 heterocycles. The van der Waals surface area contributed by atoms with E-state index in [1.54, 1.807) is 64.6 Å². The third-order valence-corrected chi connectivity index (χ3v) is 7.60. The topological polar surface area (TPSA) is 84.3 Å². The summed E-state index contributed by atoms with van der Waals surface area (Å²) in [6.07, 6.45) is 3.89.